The van der Waals surface area contributed by atoms with Gasteiger partial charge < -0.3 is 19.2 Å². The van der Waals surface area contributed by atoms with Gasteiger partial charge in [0.2, 0.25) is 5.76 Å². The van der Waals surface area contributed by atoms with E-state index in [1.807, 2.05) is 0 Å². The summed E-state index contributed by atoms with van der Waals surface area (Å²) < 4.78 is 28.8. The van der Waals surface area contributed by atoms with Crippen LogP contribution in [0.1, 0.15) is 27.4 Å². The van der Waals surface area contributed by atoms with Gasteiger partial charge >= 0.3 is 12.0 Å². The molecule has 1 fully saturated rings. The van der Waals surface area contributed by atoms with Gasteiger partial charge in [-0.25, -0.2) is 14.0 Å². The molecule has 168 valence electrons. The van der Waals surface area contributed by atoms with Crippen LogP contribution in [0.3, 0.4) is 0 Å². The predicted octanol–water partition coefficient (Wildman–Crippen LogP) is 3.88. The molecule has 0 aliphatic carbocycles. The molecule has 0 unspecified atom stereocenters. The highest BCUT2D eigenvalue weighted by Crippen LogP contribution is 2.24. The Morgan fingerprint density at radius 2 is 1.85 bits per heavy atom. The van der Waals surface area contributed by atoms with Gasteiger partial charge in [-0.3, -0.25) is 9.69 Å². The van der Waals surface area contributed by atoms with Gasteiger partial charge in [0.1, 0.15) is 29.6 Å². The quantitative estimate of drug-likeness (QED) is 0.333. The van der Waals surface area contributed by atoms with Crippen LogP contribution in [0.4, 0.5) is 9.18 Å². The zero-order valence-corrected chi connectivity index (χ0v) is 17.5. The standard InChI is InChI=1S/C24H19FN2O6/c1-31-23(29)21-11-10-18(33-21)13-27-22(28)19(26-24(27)30)12-16-4-2-3-5-20(16)32-14-15-6-8-17(25)9-7-15/h2-12H,13-14H2,1H3,(H,26,30)/b19-12-. The Kier molecular flexibility index (Phi) is 6.21. The van der Waals surface area contributed by atoms with Crippen molar-refractivity contribution in [2.45, 2.75) is 13.2 Å². The molecule has 9 heteroatoms. The highest BCUT2D eigenvalue weighted by atomic mass is 19.1. The van der Waals surface area contributed by atoms with Gasteiger partial charge in [-0.15, -0.1) is 0 Å². The van der Waals surface area contributed by atoms with Crippen molar-refractivity contribution in [3.8, 4) is 5.75 Å². The highest BCUT2D eigenvalue weighted by molar-refractivity contribution is 6.14. The van der Waals surface area contributed by atoms with Crippen LogP contribution in [0, 0.1) is 5.82 Å². The average molecular weight is 450 g/mol. The lowest BCUT2D eigenvalue weighted by molar-refractivity contribution is -0.123. The number of halogens is 1. The first-order valence-electron chi connectivity index (χ1n) is 9.92. The number of rotatable bonds is 7. The van der Waals surface area contributed by atoms with Crippen LogP contribution < -0.4 is 10.1 Å². The number of carbonyl (C=O) groups is 3. The van der Waals surface area contributed by atoms with Crippen molar-refractivity contribution in [2.75, 3.05) is 7.11 Å². The number of benzene rings is 2. The van der Waals surface area contributed by atoms with E-state index in [-0.39, 0.29) is 36.2 Å². The van der Waals surface area contributed by atoms with E-state index in [1.54, 1.807) is 36.4 Å². The van der Waals surface area contributed by atoms with E-state index in [0.29, 0.717) is 11.3 Å². The second-order valence-corrected chi connectivity index (χ2v) is 7.09. The average Bonchev–Trinajstić information content (AvgIpc) is 3.39. The Bertz CT molecular complexity index is 1230. The monoisotopic (exact) mass is 450 g/mol. The van der Waals surface area contributed by atoms with E-state index < -0.39 is 17.9 Å². The lowest BCUT2D eigenvalue weighted by Crippen LogP contribution is -2.30. The minimum Gasteiger partial charge on any atom is -0.488 e. The van der Waals surface area contributed by atoms with E-state index in [1.165, 1.54) is 37.5 Å². The van der Waals surface area contributed by atoms with Crippen molar-refractivity contribution < 1.29 is 32.7 Å². The first-order valence-corrected chi connectivity index (χ1v) is 9.92. The number of para-hydroxylation sites is 1. The fourth-order valence-electron chi connectivity index (χ4n) is 3.17. The largest absolute Gasteiger partial charge is 0.488 e. The number of nitrogens with zero attached hydrogens (tertiary/aromatic N) is 1. The number of ether oxygens (including phenoxy) is 2. The molecule has 3 aromatic rings. The van der Waals surface area contributed by atoms with Crippen LogP contribution in [0.2, 0.25) is 0 Å². The summed E-state index contributed by atoms with van der Waals surface area (Å²) in [5, 5.41) is 2.54. The molecule has 1 aliphatic heterocycles. The first-order chi connectivity index (χ1) is 15.9. The van der Waals surface area contributed by atoms with Gasteiger partial charge in [-0.1, -0.05) is 30.3 Å². The second kappa shape index (κ2) is 9.39. The van der Waals surface area contributed by atoms with Crippen molar-refractivity contribution in [2.24, 2.45) is 0 Å². The van der Waals surface area contributed by atoms with E-state index in [2.05, 4.69) is 10.1 Å². The van der Waals surface area contributed by atoms with Gasteiger partial charge in [0, 0.05) is 5.56 Å². The summed E-state index contributed by atoms with van der Waals surface area (Å²) in [6, 6.07) is 15.2. The Labute approximate surface area is 188 Å². The molecule has 0 spiro atoms. The molecule has 2 heterocycles. The number of urea groups is 1. The molecule has 4 rings (SSSR count). The maximum atomic E-state index is 13.1. The van der Waals surface area contributed by atoms with Gasteiger partial charge in [0.25, 0.3) is 5.91 Å². The van der Waals surface area contributed by atoms with E-state index in [9.17, 15) is 18.8 Å². The number of hydrogen-bond donors (Lipinski definition) is 1. The normalized spacial score (nSPS) is 14.5. The zero-order chi connectivity index (χ0) is 23.4. The lowest BCUT2D eigenvalue weighted by Gasteiger charge is -2.10. The Morgan fingerprint density at radius 1 is 1.09 bits per heavy atom. The molecule has 1 saturated heterocycles. The van der Waals surface area contributed by atoms with Crippen LogP contribution in [-0.4, -0.2) is 29.9 Å². The van der Waals surface area contributed by atoms with Gasteiger partial charge in [0.15, 0.2) is 0 Å². The molecule has 2 aromatic carbocycles. The number of furan rings is 1. The summed E-state index contributed by atoms with van der Waals surface area (Å²) in [6.45, 7) is 0.0512. The summed E-state index contributed by atoms with van der Waals surface area (Å²) in [6.07, 6.45) is 1.52. The number of hydrogen-bond acceptors (Lipinski definition) is 6. The van der Waals surface area contributed by atoms with Crippen molar-refractivity contribution in [1.29, 1.82) is 0 Å². The number of methoxy groups -OCH3 is 1. The number of nitrogens with one attached hydrogen (secondary N) is 1. The van der Waals surface area contributed by atoms with Crippen molar-refractivity contribution in [3.05, 3.63) is 94.8 Å². The predicted molar refractivity (Wildman–Crippen MR) is 114 cm³/mol. The molecule has 1 aliphatic rings. The summed E-state index contributed by atoms with van der Waals surface area (Å²) >= 11 is 0. The summed E-state index contributed by atoms with van der Waals surface area (Å²) in [5.41, 5.74) is 1.42. The molecular formula is C24H19FN2O6. The SMILES string of the molecule is COC(=O)c1ccc(CN2C(=O)N/C(=C\c3ccccc3OCc3ccc(F)cc3)C2=O)o1. The van der Waals surface area contributed by atoms with Gasteiger partial charge in [0.05, 0.1) is 13.7 Å². The lowest BCUT2D eigenvalue weighted by atomic mass is 10.1. The summed E-state index contributed by atoms with van der Waals surface area (Å²) in [5.74, 6) is -0.824. The topological polar surface area (TPSA) is 98.1 Å². The Balaban J connectivity index is 1.48. The maximum absolute atomic E-state index is 13.1. The molecule has 0 saturated carbocycles. The molecule has 33 heavy (non-hydrogen) atoms. The molecule has 1 N–H and O–H groups in total. The van der Waals surface area contributed by atoms with Gasteiger partial charge in [-0.05, 0) is 42.0 Å². The number of amides is 3. The van der Waals surface area contributed by atoms with Crippen LogP contribution >= 0.6 is 0 Å². The smallest absolute Gasteiger partial charge is 0.373 e. The minimum absolute atomic E-state index is 0.0254. The molecule has 0 atom stereocenters. The fraction of sp³-hybridized carbons (Fsp3) is 0.125. The summed E-state index contributed by atoms with van der Waals surface area (Å²) in [4.78, 5) is 37.7. The third kappa shape index (κ3) is 4.93. The zero-order valence-electron chi connectivity index (χ0n) is 17.5. The fourth-order valence-corrected chi connectivity index (χ4v) is 3.17. The molecule has 8 nitrogen and oxygen atoms in total. The molecular weight excluding hydrogens is 431 g/mol. The van der Waals surface area contributed by atoms with Crippen molar-refractivity contribution in [3.63, 3.8) is 0 Å². The highest BCUT2D eigenvalue weighted by Gasteiger charge is 2.34. The van der Waals surface area contributed by atoms with E-state index in [0.717, 1.165) is 10.5 Å². The van der Waals surface area contributed by atoms with Crippen LogP contribution in [0.5, 0.6) is 5.75 Å². The van der Waals surface area contributed by atoms with Crippen molar-refractivity contribution in [1.82, 2.24) is 10.2 Å². The van der Waals surface area contributed by atoms with Crippen LogP contribution in [0.15, 0.2) is 70.8 Å². The molecule has 3 amide bonds. The second-order valence-electron chi connectivity index (χ2n) is 7.09. The number of imide groups is 1. The number of carbonyl (C=O) groups excluding carboxylic acids is 3. The summed E-state index contributed by atoms with van der Waals surface area (Å²) in [7, 11) is 1.22. The molecule has 0 bridgehead atoms. The van der Waals surface area contributed by atoms with E-state index >= 15 is 0 Å². The van der Waals surface area contributed by atoms with Crippen molar-refractivity contribution >= 4 is 24.0 Å². The molecule has 0 radical (unpaired) electrons. The molecule has 1 aromatic heterocycles. The third-order valence-corrected chi connectivity index (χ3v) is 4.85. The first kappa shape index (κ1) is 21.8. The van der Waals surface area contributed by atoms with Crippen LogP contribution in [-0.2, 0) is 22.7 Å². The Hall–Kier alpha value is -4.40. The maximum Gasteiger partial charge on any atom is 0.373 e. The third-order valence-electron chi connectivity index (χ3n) is 4.85. The Morgan fingerprint density at radius 3 is 2.61 bits per heavy atom. The van der Waals surface area contributed by atoms with Crippen LogP contribution in [0.25, 0.3) is 6.08 Å². The van der Waals surface area contributed by atoms with E-state index in [4.69, 9.17) is 9.15 Å². The number of esters is 1. The minimum atomic E-state index is -0.656. The van der Waals surface area contributed by atoms with Gasteiger partial charge in [-0.2, -0.15) is 0 Å².